The molecular formula is C24H22FN3O4. The Bertz CT molecular complexity index is 1170. The molecule has 8 heteroatoms. The van der Waals surface area contributed by atoms with Crippen LogP contribution >= 0.6 is 0 Å². The van der Waals surface area contributed by atoms with E-state index in [0.29, 0.717) is 25.1 Å². The van der Waals surface area contributed by atoms with Crippen LogP contribution in [0, 0.1) is 5.82 Å². The predicted molar refractivity (Wildman–Crippen MR) is 113 cm³/mol. The summed E-state index contributed by atoms with van der Waals surface area (Å²) in [5.41, 5.74) is 3.56. The van der Waals surface area contributed by atoms with E-state index in [1.165, 1.54) is 12.1 Å². The number of carbonyl (C=O) groups excluding carboxylic acids is 2. The first-order valence-corrected chi connectivity index (χ1v) is 10.6. The van der Waals surface area contributed by atoms with Gasteiger partial charge in [0.25, 0.3) is 5.91 Å². The number of para-hydroxylation sites is 1. The van der Waals surface area contributed by atoms with Crippen molar-refractivity contribution in [3.8, 4) is 11.4 Å². The van der Waals surface area contributed by atoms with Gasteiger partial charge in [0.2, 0.25) is 0 Å². The summed E-state index contributed by atoms with van der Waals surface area (Å²) in [6, 6.07) is 13.3. The number of aromatic nitrogens is 2. The first kappa shape index (κ1) is 20.2. The Balaban J connectivity index is 1.27. The lowest BCUT2D eigenvalue weighted by Gasteiger charge is -2.26. The van der Waals surface area contributed by atoms with E-state index in [2.05, 4.69) is 10.4 Å². The van der Waals surface area contributed by atoms with Crippen molar-refractivity contribution in [1.82, 2.24) is 15.1 Å². The fraction of sp³-hybridized carbons (Fsp3) is 0.292. The van der Waals surface area contributed by atoms with Crippen molar-refractivity contribution in [2.45, 2.75) is 31.7 Å². The van der Waals surface area contributed by atoms with E-state index in [4.69, 9.17) is 9.47 Å². The van der Waals surface area contributed by atoms with Crippen molar-refractivity contribution >= 4 is 11.9 Å². The lowest BCUT2D eigenvalue weighted by Crippen LogP contribution is -2.35. The van der Waals surface area contributed by atoms with Crippen molar-refractivity contribution in [3.63, 3.8) is 0 Å². The topological polar surface area (TPSA) is 82.5 Å². The van der Waals surface area contributed by atoms with Gasteiger partial charge in [-0.15, -0.1) is 0 Å². The Hall–Kier alpha value is -3.68. The summed E-state index contributed by atoms with van der Waals surface area (Å²) in [5, 5.41) is 7.34. The highest BCUT2D eigenvalue weighted by Gasteiger charge is 2.29. The first-order valence-electron chi connectivity index (χ1n) is 10.6. The molecule has 1 N–H and O–H groups in total. The maximum Gasteiger partial charge on any atom is 0.359 e. The van der Waals surface area contributed by atoms with E-state index >= 15 is 0 Å². The molecule has 0 radical (unpaired) electrons. The number of esters is 1. The van der Waals surface area contributed by atoms with Crippen molar-refractivity contribution in [1.29, 1.82) is 0 Å². The number of rotatable bonds is 5. The molecule has 1 atom stereocenters. The van der Waals surface area contributed by atoms with Crippen LogP contribution in [-0.2, 0) is 22.4 Å². The van der Waals surface area contributed by atoms with Crippen LogP contribution in [0.2, 0.25) is 0 Å². The van der Waals surface area contributed by atoms with E-state index in [1.807, 2.05) is 24.3 Å². The Morgan fingerprint density at radius 2 is 1.97 bits per heavy atom. The standard InChI is InChI=1S/C24H22FN3O4/c25-15-8-10-16(11-9-15)28-20-6-3-5-18(20)23(27-28)24(30)32-14-22(29)26-19-12-13-31-21-7-2-1-4-17(19)21/h1-2,4,7-11,19H,3,5-6,12-14H2,(H,26,29). The number of ether oxygens (including phenoxy) is 2. The number of carbonyl (C=O) groups is 2. The summed E-state index contributed by atoms with van der Waals surface area (Å²) in [6.45, 7) is 0.116. The monoisotopic (exact) mass is 435 g/mol. The van der Waals surface area contributed by atoms with Crippen LogP contribution in [0.25, 0.3) is 5.69 Å². The summed E-state index contributed by atoms with van der Waals surface area (Å²) >= 11 is 0. The highest BCUT2D eigenvalue weighted by Crippen LogP contribution is 2.31. The van der Waals surface area contributed by atoms with Gasteiger partial charge in [-0.25, -0.2) is 13.9 Å². The van der Waals surface area contributed by atoms with Crippen LogP contribution in [0.1, 0.15) is 46.2 Å². The zero-order chi connectivity index (χ0) is 22.1. The summed E-state index contributed by atoms with van der Waals surface area (Å²) in [6.07, 6.45) is 3.03. The van der Waals surface area contributed by atoms with Gasteiger partial charge in [-0.3, -0.25) is 4.79 Å². The average molecular weight is 435 g/mol. The molecule has 0 saturated heterocycles. The number of fused-ring (bicyclic) bond motifs is 2. The smallest absolute Gasteiger partial charge is 0.359 e. The second-order valence-electron chi connectivity index (χ2n) is 7.89. The van der Waals surface area contributed by atoms with Gasteiger partial charge in [0.15, 0.2) is 12.3 Å². The minimum absolute atomic E-state index is 0.187. The minimum Gasteiger partial charge on any atom is -0.493 e. The molecule has 1 aliphatic heterocycles. The number of nitrogens with one attached hydrogen (secondary N) is 1. The minimum atomic E-state index is -0.633. The average Bonchev–Trinajstić information content (AvgIpc) is 3.41. The normalized spacial score (nSPS) is 16.6. The van der Waals surface area contributed by atoms with Gasteiger partial charge in [-0.05, 0) is 49.6 Å². The molecule has 32 heavy (non-hydrogen) atoms. The molecule has 1 unspecified atom stereocenters. The van der Waals surface area contributed by atoms with Gasteiger partial charge >= 0.3 is 5.97 Å². The van der Waals surface area contributed by atoms with Gasteiger partial charge in [0, 0.05) is 23.2 Å². The predicted octanol–water partition coefficient (Wildman–Crippen LogP) is 3.30. The fourth-order valence-electron chi connectivity index (χ4n) is 4.32. The van der Waals surface area contributed by atoms with E-state index < -0.39 is 12.6 Å². The van der Waals surface area contributed by atoms with Gasteiger partial charge in [0.1, 0.15) is 11.6 Å². The number of hydrogen-bond donors (Lipinski definition) is 1. The van der Waals surface area contributed by atoms with Crippen LogP contribution < -0.4 is 10.1 Å². The summed E-state index contributed by atoms with van der Waals surface area (Å²) in [5.74, 6) is -0.598. The molecule has 0 bridgehead atoms. The third-order valence-electron chi connectivity index (χ3n) is 5.82. The van der Waals surface area contributed by atoms with Gasteiger partial charge in [-0.2, -0.15) is 5.10 Å². The molecule has 2 aromatic carbocycles. The molecule has 5 rings (SSSR count). The van der Waals surface area contributed by atoms with Crippen molar-refractivity contribution in [2.24, 2.45) is 0 Å². The molecule has 1 amide bonds. The zero-order valence-electron chi connectivity index (χ0n) is 17.3. The largest absolute Gasteiger partial charge is 0.493 e. The second-order valence-corrected chi connectivity index (χ2v) is 7.89. The van der Waals surface area contributed by atoms with E-state index in [9.17, 15) is 14.0 Å². The Labute approximate surface area is 184 Å². The first-order chi connectivity index (χ1) is 15.6. The highest BCUT2D eigenvalue weighted by atomic mass is 19.1. The van der Waals surface area contributed by atoms with Crippen molar-refractivity contribution in [2.75, 3.05) is 13.2 Å². The molecule has 2 heterocycles. The molecule has 1 aromatic heterocycles. The Kier molecular flexibility index (Phi) is 5.34. The molecule has 7 nitrogen and oxygen atoms in total. The van der Waals surface area contributed by atoms with Crippen LogP contribution in [-0.4, -0.2) is 34.9 Å². The molecule has 3 aromatic rings. The summed E-state index contributed by atoms with van der Waals surface area (Å²) in [4.78, 5) is 25.2. The second kappa shape index (κ2) is 8.45. The lowest BCUT2D eigenvalue weighted by atomic mass is 10.0. The SMILES string of the molecule is O=C(COC(=O)c1nn(-c2ccc(F)cc2)c2c1CCC2)NC1CCOc2ccccc21. The number of amides is 1. The van der Waals surface area contributed by atoms with Crippen LogP contribution in [0.3, 0.4) is 0 Å². The maximum atomic E-state index is 13.3. The fourth-order valence-corrected chi connectivity index (χ4v) is 4.32. The van der Waals surface area contributed by atoms with E-state index in [-0.39, 0.29) is 23.5 Å². The lowest BCUT2D eigenvalue weighted by molar-refractivity contribution is -0.125. The molecule has 1 aliphatic carbocycles. The maximum absolute atomic E-state index is 13.3. The van der Waals surface area contributed by atoms with E-state index in [1.54, 1.807) is 16.8 Å². The van der Waals surface area contributed by atoms with Crippen molar-refractivity contribution in [3.05, 3.63) is 76.9 Å². The summed E-state index contributed by atoms with van der Waals surface area (Å²) < 4.78 is 25.9. The molecule has 0 fully saturated rings. The summed E-state index contributed by atoms with van der Waals surface area (Å²) in [7, 11) is 0. The molecule has 2 aliphatic rings. The van der Waals surface area contributed by atoms with Crippen LogP contribution in [0.15, 0.2) is 48.5 Å². The molecule has 0 saturated carbocycles. The third-order valence-corrected chi connectivity index (χ3v) is 5.82. The molecule has 164 valence electrons. The van der Waals surface area contributed by atoms with Crippen LogP contribution in [0.4, 0.5) is 4.39 Å². The number of hydrogen-bond acceptors (Lipinski definition) is 5. The van der Waals surface area contributed by atoms with Crippen molar-refractivity contribution < 1.29 is 23.5 Å². The quantitative estimate of drug-likeness (QED) is 0.622. The molecular weight excluding hydrogens is 413 g/mol. The number of halogens is 1. The highest BCUT2D eigenvalue weighted by molar-refractivity contribution is 5.91. The molecule has 0 spiro atoms. The van der Waals surface area contributed by atoms with E-state index in [0.717, 1.165) is 35.4 Å². The van der Waals surface area contributed by atoms with Gasteiger partial charge in [0.05, 0.1) is 18.3 Å². The van der Waals surface area contributed by atoms with Gasteiger partial charge in [-0.1, -0.05) is 18.2 Å². The van der Waals surface area contributed by atoms with Gasteiger partial charge < -0.3 is 14.8 Å². The Morgan fingerprint density at radius 3 is 2.81 bits per heavy atom. The van der Waals surface area contributed by atoms with Crippen LogP contribution in [0.5, 0.6) is 5.75 Å². The Morgan fingerprint density at radius 1 is 1.16 bits per heavy atom. The number of benzene rings is 2. The third kappa shape index (κ3) is 3.84. The number of nitrogens with zero attached hydrogens (tertiary/aromatic N) is 2. The zero-order valence-corrected chi connectivity index (χ0v) is 17.3.